The van der Waals surface area contributed by atoms with E-state index in [1.54, 1.807) is 36.2 Å². The van der Waals surface area contributed by atoms with E-state index < -0.39 is 11.7 Å². The van der Waals surface area contributed by atoms with Crippen molar-refractivity contribution < 1.29 is 22.8 Å². The van der Waals surface area contributed by atoms with Gasteiger partial charge in [-0.2, -0.15) is 13.2 Å². The van der Waals surface area contributed by atoms with Gasteiger partial charge in [0, 0.05) is 24.8 Å². The Morgan fingerprint density at radius 2 is 1.44 bits per heavy atom. The third-order valence-electron chi connectivity index (χ3n) is 3.64. The van der Waals surface area contributed by atoms with Gasteiger partial charge in [0.15, 0.2) is 0 Å². The summed E-state index contributed by atoms with van der Waals surface area (Å²) in [5, 5.41) is 5.35. The Morgan fingerprint density at radius 1 is 0.926 bits per heavy atom. The van der Waals surface area contributed by atoms with Crippen LogP contribution in [0.2, 0.25) is 0 Å². The molecule has 2 N–H and O–H groups in total. The fourth-order valence-corrected chi connectivity index (χ4v) is 2.45. The van der Waals surface area contributed by atoms with Crippen LogP contribution in [0, 0.1) is 0 Å². The number of hydrogen-bond acceptors (Lipinski definition) is 3. The van der Waals surface area contributed by atoms with Crippen molar-refractivity contribution in [3.8, 4) is 0 Å². The molecule has 0 aliphatic carbocycles. The number of benzene rings is 2. The highest BCUT2D eigenvalue weighted by Crippen LogP contribution is 2.29. The molecule has 0 atom stereocenters. The Kier molecular flexibility index (Phi) is 6.57. The van der Waals surface area contributed by atoms with E-state index in [-0.39, 0.29) is 18.4 Å². The molecule has 0 unspecified atom stereocenters. The van der Waals surface area contributed by atoms with Crippen molar-refractivity contribution in [2.24, 2.45) is 0 Å². The van der Waals surface area contributed by atoms with Crippen molar-refractivity contribution >= 4 is 23.2 Å². The summed E-state index contributed by atoms with van der Waals surface area (Å²) in [4.78, 5) is 24.8. The molecule has 5 nitrogen and oxygen atoms in total. The lowest BCUT2D eigenvalue weighted by molar-refractivity contribution is -0.137. The number of alkyl halides is 3. The molecule has 0 aromatic heterocycles. The molecule has 0 aliphatic rings. The van der Waals surface area contributed by atoms with Gasteiger partial charge >= 0.3 is 6.18 Å². The Labute approximate surface area is 155 Å². The zero-order valence-electron chi connectivity index (χ0n) is 14.9. The molecule has 144 valence electrons. The number of rotatable bonds is 6. The van der Waals surface area contributed by atoms with Crippen LogP contribution in [0.3, 0.4) is 0 Å². The number of nitrogens with zero attached hydrogens (tertiary/aromatic N) is 1. The van der Waals surface area contributed by atoms with Gasteiger partial charge < -0.3 is 10.6 Å². The highest BCUT2D eigenvalue weighted by atomic mass is 19.4. The second kappa shape index (κ2) is 8.68. The standard InChI is InChI=1S/C19H20F3N3O2/c1-13(26)23-16-7-9-17(10-8-16)24-18(27)12-25(2)11-14-3-5-15(6-4-14)19(20,21)22/h3-10H,11-12H2,1-2H3,(H,23,26)(H,24,27). The van der Waals surface area contributed by atoms with E-state index >= 15 is 0 Å². The summed E-state index contributed by atoms with van der Waals surface area (Å²) in [6.07, 6.45) is -4.36. The monoisotopic (exact) mass is 379 g/mol. The van der Waals surface area contributed by atoms with Crippen molar-refractivity contribution in [2.45, 2.75) is 19.6 Å². The summed E-state index contributed by atoms with van der Waals surface area (Å²) in [6.45, 7) is 1.82. The first-order chi connectivity index (χ1) is 12.6. The van der Waals surface area contributed by atoms with Gasteiger partial charge in [-0.05, 0) is 49.0 Å². The van der Waals surface area contributed by atoms with E-state index in [2.05, 4.69) is 10.6 Å². The molecule has 0 saturated carbocycles. The first-order valence-electron chi connectivity index (χ1n) is 8.15. The molecule has 0 spiro atoms. The van der Waals surface area contributed by atoms with Gasteiger partial charge in [-0.15, -0.1) is 0 Å². The number of nitrogens with one attached hydrogen (secondary N) is 2. The highest BCUT2D eigenvalue weighted by molar-refractivity contribution is 5.93. The predicted molar refractivity (Wildman–Crippen MR) is 97.2 cm³/mol. The molecule has 0 aliphatic heterocycles. The number of likely N-dealkylation sites (N-methyl/N-ethyl adjacent to an activating group) is 1. The van der Waals surface area contributed by atoms with Crippen LogP contribution in [0.15, 0.2) is 48.5 Å². The zero-order valence-corrected chi connectivity index (χ0v) is 14.9. The lowest BCUT2D eigenvalue weighted by Gasteiger charge is -2.17. The zero-order chi connectivity index (χ0) is 20.0. The molecule has 27 heavy (non-hydrogen) atoms. The van der Waals surface area contributed by atoms with E-state index in [1.807, 2.05) is 0 Å². The average Bonchev–Trinajstić information content (AvgIpc) is 2.55. The van der Waals surface area contributed by atoms with E-state index in [4.69, 9.17) is 0 Å². The van der Waals surface area contributed by atoms with Crippen molar-refractivity contribution in [3.63, 3.8) is 0 Å². The first kappa shape index (κ1) is 20.4. The predicted octanol–water partition coefficient (Wildman–Crippen LogP) is 3.73. The number of hydrogen-bond donors (Lipinski definition) is 2. The topological polar surface area (TPSA) is 61.4 Å². The Bertz CT molecular complexity index is 787. The van der Waals surface area contributed by atoms with Crippen LogP contribution in [0.25, 0.3) is 0 Å². The summed E-state index contributed by atoms with van der Waals surface area (Å²) in [5.41, 5.74) is 1.18. The van der Waals surface area contributed by atoms with Gasteiger partial charge in [-0.1, -0.05) is 12.1 Å². The maximum atomic E-state index is 12.6. The van der Waals surface area contributed by atoms with Gasteiger partial charge in [0.05, 0.1) is 12.1 Å². The summed E-state index contributed by atoms with van der Waals surface area (Å²) in [5.74, 6) is -0.437. The fraction of sp³-hybridized carbons (Fsp3) is 0.263. The van der Waals surface area contributed by atoms with E-state index in [1.165, 1.54) is 19.1 Å². The molecule has 2 rings (SSSR count). The van der Waals surface area contributed by atoms with Gasteiger partial charge in [-0.25, -0.2) is 0 Å². The molecule has 0 heterocycles. The smallest absolute Gasteiger partial charge is 0.326 e. The van der Waals surface area contributed by atoms with Crippen LogP contribution in [0.5, 0.6) is 0 Å². The Morgan fingerprint density at radius 3 is 1.93 bits per heavy atom. The number of anilines is 2. The molecule has 8 heteroatoms. The molecule has 0 fully saturated rings. The van der Waals surface area contributed by atoms with Gasteiger partial charge in [0.2, 0.25) is 11.8 Å². The lowest BCUT2D eigenvalue weighted by atomic mass is 10.1. The van der Waals surface area contributed by atoms with Crippen molar-refractivity contribution in [3.05, 3.63) is 59.7 Å². The lowest BCUT2D eigenvalue weighted by Crippen LogP contribution is -2.29. The van der Waals surface area contributed by atoms with Crippen LogP contribution in [0.1, 0.15) is 18.1 Å². The van der Waals surface area contributed by atoms with Gasteiger partial charge in [0.1, 0.15) is 0 Å². The van der Waals surface area contributed by atoms with Crippen LogP contribution < -0.4 is 10.6 Å². The third-order valence-corrected chi connectivity index (χ3v) is 3.64. The van der Waals surface area contributed by atoms with Crippen molar-refractivity contribution in [2.75, 3.05) is 24.2 Å². The maximum Gasteiger partial charge on any atom is 0.416 e. The number of halogens is 3. The molecular weight excluding hydrogens is 359 g/mol. The number of amides is 2. The van der Waals surface area contributed by atoms with Crippen LogP contribution in [-0.4, -0.2) is 30.3 Å². The molecule has 2 aromatic rings. The van der Waals surface area contributed by atoms with E-state index in [0.717, 1.165) is 12.1 Å². The maximum absolute atomic E-state index is 12.6. The second-order valence-corrected chi connectivity index (χ2v) is 6.17. The molecule has 0 bridgehead atoms. The van der Waals surface area contributed by atoms with Crippen LogP contribution >= 0.6 is 0 Å². The molecule has 2 amide bonds. The minimum atomic E-state index is -4.36. The van der Waals surface area contributed by atoms with E-state index in [9.17, 15) is 22.8 Å². The van der Waals surface area contributed by atoms with Gasteiger partial charge in [-0.3, -0.25) is 14.5 Å². The minimum Gasteiger partial charge on any atom is -0.326 e. The van der Waals surface area contributed by atoms with Crippen LogP contribution in [0.4, 0.5) is 24.5 Å². The average molecular weight is 379 g/mol. The summed E-state index contributed by atoms with van der Waals surface area (Å²) in [6, 6.07) is 11.5. The molecular formula is C19H20F3N3O2. The van der Waals surface area contributed by atoms with E-state index in [0.29, 0.717) is 23.5 Å². The molecule has 0 saturated heterocycles. The summed E-state index contributed by atoms with van der Waals surface area (Å²) >= 11 is 0. The first-order valence-corrected chi connectivity index (χ1v) is 8.15. The van der Waals surface area contributed by atoms with Crippen molar-refractivity contribution in [1.82, 2.24) is 4.90 Å². The highest BCUT2D eigenvalue weighted by Gasteiger charge is 2.29. The summed E-state index contributed by atoms with van der Waals surface area (Å²) < 4.78 is 37.7. The van der Waals surface area contributed by atoms with Crippen LogP contribution in [-0.2, 0) is 22.3 Å². The summed E-state index contributed by atoms with van der Waals surface area (Å²) in [7, 11) is 1.71. The third kappa shape index (κ3) is 6.74. The Balaban J connectivity index is 1.85. The number of carbonyl (C=O) groups excluding carboxylic acids is 2. The molecule has 0 radical (unpaired) electrons. The SMILES string of the molecule is CC(=O)Nc1ccc(NC(=O)CN(C)Cc2ccc(C(F)(F)F)cc2)cc1. The quantitative estimate of drug-likeness (QED) is 0.804. The van der Waals surface area contributed by atoms with Gasteiger partial charge in [0.25, 0.3) is 0 Å². The van der Waals surface area contributed by atoms with Crippen molar-refractivity contribution in [1.29, 1.82) is 0 Å². The largest absolute Gasteiger partial charge is 0.416 e. The fourth-order valence-electron chi connectivity index (χ4n) is 2.45. The number of carbonyl (C=O) groups is 2. The Hall–Kier alpha value is -2.87. The minimum absolute atomic E-state index is 0.0778. The normalized spacial score (nSPS) is 11.3. The second-order valence-electron chi connectivity index (χ2n) is 6.17. The molecule has 2 aromatic carbocycles.